The minimum Gasteiger partial charge on any atom is -0.335 e. The molecular weight excluding hydrogens is 216 g/mol. The lowest BCUT2D eigenvalue weighted by atomic mass is 9.81. The Morgan fingerprint density at radius 1 is 1.50 bits per heavy atom. The van der Waals surface area contributed by atoms with Crippen LogP contribution >= 0.6 is 12.2 Å². The highest BCUT2D eigenvalue weighted by atomic mass is 32.1. The van der Waals surface area contributed by atoms with Crippen molar-refractivity contribution in [3.63, 3.8) is 0 Å². The lowest BCUT2D eigenvalue weighted by molar-refractivity contribution is 0.261. The molecule has 1 aliphatic carbocycles. The molecule has 0 radical (unpaired) electrons. The zero-order valence-electron chi connectivity index (χ0n) is 10.3. The monoisotopic (exact) mass is 238 g/mol. The van der Waals surface area contributed by atoms with Gasteiger partial charge in [-0.25, -0.2) is 0 Å². The summed E-state index contributed by atoms with van der Waals surface area (Å²) < 4.78 is 3.06. The van der Waals surface area contributed by atoms with Crippen LogP contribution in [0.25, 0.3) is 0 Å². The molecule has 1 saturated carbocycles. The molecule has 0 amide bonds. The number of nitrogens with zero attached hydrogens (tertiary/aromatic N) is 1. The van der Waals surface area contributed by atoms with Crippen molar-refractivity contribution in [2.75, 3.05) is 0 Å². The molecule has 2 rings (SSSR count). The number of aryl methyl sites for hydroxylation is 2. The Labute approximate surface area is 103 Å². The van der Waals surface area contributed by atoms with Crippen LogP contribution in [0.2, 0.25) is 0 Å². The highest BCUT2D eigenvalue weighted by Gasteiger charge is 2.18. The van der Waals surface area contributed by atoms with E-state index in [1.54, 1.807) is 0 Å². The average molecular weight is 238 g/mol. The van der Waals surface area contributed by atoms with Crippen LogP contribution in [0.3, 0.4) is 0 Å². The van der Waals surface area contributed by atoms with Crippen molar-refractivity contribution in [3.8, 4) is 0 Å². The van der Waals surface area contributed by atoms with E-state index in [4.69, 9.17) is 12.2 Å². The molecule has 0 bridgehead atoms. The van der Waals surface area contributed by atoms with Gasteiger partial charge in [-0.2, -0.15) is 0 Å². The maximum Gasteiger partial charge on any atom is 0.177 e. The van der Waals surface area contributed by atoms with Crippen molar-refractivity contribution in [2.24, 2.45) is 11.8 Å². The van der Waals surface area contributed by atoms with Crippen molar-refractivity contribution < 1.29 is 0 Å². The first-order valence-corrected chi connectivity index (χ1v) is 6.82. The van der Waals surface area contributed by atoms with Gasteiger partial charge in [0.05, 0.1) is 0 Å². The predicted octanol–water partition coefficient (Wildman–Crippen LogP) is 4.07. The fourth-order valence-corrected chi connectivity index (χ4v) is 3.18. The van der Waals surface area contributed by atoms with Gasteiger partial charge in [0, 0.05) is 18.4 Å². The van der Waals surface area contributed by atoms with Gasteiger partial charge < -0.3 is 9.55 Å². The number of aromatic nitrogens is 2. The molecule has 1 heterocycles. The van der Waals surface area contributed by atoms with Gasteiger partial charge in [-0.3, -0.25) is 0 Å². The predicted molar refractivity (Wildman–Crippen MR) is 70.1 cm³/mol. The van der Waals surface area contributed by atoms with Crippen LogP contribution in [-0.2, 0) is 6.54 Å². The Hall–Kier alpha value is -0.570. The van der Waals surface area contributed by atoms with E-state index in [-0.39, 0.29) is 0 Å². The van der Waals surface area contributed by atoms with E-state index < -0.39 is 0 Å². The molecule has 90 valence electrons. The molecule has 1 aromatic heterocycles. The van der Waals surface area contributed by atoms with Crippen LogP contribution in [0, 0.1) is 23.5 Å². The molecule has 2 unspecified atom stereocenters. The van der Waals surface area contributed by atoms with Gasteiger partial charge in [0.1, 0.15) is 0 Å². The molecule has 0 saturated heterocycles. The van der Waals surface area contributed by atoms with Crippen molar-refractivity contribution in [2.45, 2.75) is 52.5 Å². The Morgan fingerprint density at radius 2 is 2.31 bits per heavy atom. The van der Waals surface area contributed by atoms with Crippen LogP contribution in [0.15, 0.2) is 6.20 Å². The van der Waals surface area contributed by atoms with Crippen LogP contribution in [0.5, 0.6) is 0 Å². The molecule has 2 atom stereocenters. The number of H-pyrrole nitrogens is 1. The Bertz CT molecular complexity index is 391. The molecule has 1 fully saturated rings. The number of aromatic amines is 1. The molecule has 2 nitrogen and oxygen atoms in total. The first kappa shape index (κ1) is 11.9. The molecule has 1 aliphatic rings. The number of hydrogen-bond donors (Lipinski definition) is 1. The quantitative estimate of drug-likeness (QED) is 0.787. The van der Waals surface area contributed by atoms with Crippen molar-refractivity contribution in [3.05, 3.63) is 16.7 Å². The summed E-state index contributed by atoms with van der Waals surface area (Å²) >= 11 is 5.27. The third kappa shape index (κ3) is 2.97. The Balaban J connectivity index is 1.87. The first-order chi connectivity index (χ1) is 7.65. The fraction of sp³-hybridized carbons (Fsp3) is 0.769. The zero-order chi connectivity index (χ0) is 11.5. The number of imidazole rings is 1. The van der Waals surface area contributed by atoms with Gasteiger partial charge in [0.2, 0.25) is 0 Å². The summed E-state index contributed by atoms with van der Waals surface area (Å²) in [6, 6.07) is 0. The number of rotatable bonds is 3. The lowest BCUT2D eigenvalue weighted by Crippen LogP contribution is -2.15. The highest BCUT2D eigenvalue weighted by molar-refractivity contribution is 7.71. The third-order valence-corrected chi connectivity index (χ3v) is 4.07. The number of nitrogens with one attached hydrogen (secondary N) is 1. The van der Waals surface area contributed by atoms with E-state index in [1.807, 2.05) is 0 Å². The Kier molecular flexibility index (Phi) is 3.85. The van der Waals surface area contributed by atoms with E-state index in [0.717, 1.165) is 23.2 Å². The molecular formula is C13H22N2S. The van der Waals surface area contributed by atoms with Gasteiger partial charge in [0.25, 0.3) is 0 Å². The summed E-state index contributed by atoms with van der Waals surface area (Å²) in [6.45, 7) is 5.54. The summed E-state index contributed by atoms with van der Waals surface area (Å²) in [4.78, 5) is 3.18. The highest BCUT2D eigenvalue weighted by Crippen LogP contribution is 2.30. The van der Waals surface area contributed by atoms with Gasteiger partial charge in [-0.15, -0.1) is 0 Å². The SMILES string of the molecule is Cc1cn(CCC2CCCC(C)C2)c(=S)[nH]1. The maximum atomic E-state index is 5.27. The van der Waals surface area contributed by atoms with E-state index in [2.05, 4.69) is 29.6 Å². The van der Waals surface area contributed by atoms with Crippen LogP contribution in [0.4, 0.5) is 0 Å². The molecule has 0 aromatic carbocycles. The molecule has 3 heteroatoms. The van der Waals surface area contributed by atoms with Crippen LogP contribution < -0.4 is 0 Å². The second-order valence-electron chi connectivity index (χ2n) is 5.36. The minimum absolute atomic E-state index is 0.876. The fourth-order valence-electron chi connectivity index (χ4n) is 2.87. The number of hydrogen-bond acceptors (Lipinski definition) is 1. The molecule has 16 heavy (non-hydrogen) atoms. The summed E-state index contributed by atoms with van der Waals surface area (Å²) in [5, 5.41) is 0. The van der Waals surface area contributed by atoms with E-state index in [0.29, 0.717) is 0 Å². The van der Waals surface area contributed by atoms with Gasteiger partial charge in [0.15, 0.2) is 4.77 Å². The third-order valence-electron chi connectivity index (χ3n) is 3.74. The summed E-state index contributed by atoms with van der Waals surface area (Å²) in [5.41, 5.74) is 1.17. The first-order valence-electron chi connectivity index (χ1n) is 6.41. The normalized spacial score (nSPS) is 25.9. The van der Waals surface area contributed by atoms with Gasteiger partial charge >= 0.3 is 0 Å². The maximum absolute atomic E-state index is 5.27. The average Bonchev–Trinajstić information content (AvgIpc) is 2.54. The largest absolute Gasteiger partial charge is 0.335 e. The Morgan fingerprint density at radius 3 is 2.94 bits per heavy atom. The van der Waals surface area contributed by atoms with Gasteiger partial charge in [-0.05, 0) is 43.8 Å². The standard InChI is InChI=1S/C13H22N2S/c1-10-4-3-5-12(8-10)6-7-15-9-11(2)14-13(15)16/h9-10,12H,3-8H2,1-2H3,(H,14,16). The van der Waals surface area contributed by atoms with Crippen LogP contribution in [0.1, 0.15) is 44.7 Å². The molecule has 0 spiro atoms. The zero-order valence-corrected chi connectivity index (χ0v) is 11.1. The smallest absolute Gasteiger partial charge is 0.177 e. The molecule has 1 N–H and O–H groups in total. The summed E-state index contributed by atoms with van der Waals surface area (Å²) in [5.74, 6) is 1.85. The summed E-state index contributed by atoms with van der Waals surface area (Å²) in [7, 11) is 0. The summed E-state index contributed by atoms with van der Waals surface area (Å²) in [6.07, 6.45) is 9.10. The van der Waals surface area contributed by atoms with Gasteiger partial charge in [-0.1, -0.05) is 26.2 Å². The van der Waals surface area contributed by atoms with E-state index >= 15 is 0 Å². The van der Waals surface area contributed by atoms with Crippen molar-refractivity contribution in [1.29, 1.82) is 0 Å². The van der Waals surface area contributed by atoms with E-state index in [9.17, 15) is 0 Å². The van der Waals surface area contributed by atoms with Crippen molar-refractivity contribution in [1.82, 2.24) is 9.55 Å². The topological polar surface area (TPSA) is 20.7 Å². The van der Waals surface area contributed by atoms with E-state index in [1.165, 1.54) is 37.8 Å². The lowest BCUT2D eigenvalue weighted by Gasteiger charge is -2.26. The second kappa shape index (κ2) is 5.17. The second-order valence-corrected chi connectivity index (χ2v) is 5.75. The minimum atomic E-state index is 0.876. The molecule has 0 aliphatic heterocycles. The van der Waals surface area contributed by atoms with Crippen molar-refractivity contribution >= 4 is 12.2 Å². The molecule has 1 aromatic rings. The van der Waals surface area contributed by atoms with Crippen LogP contribution in [-0.4, -0.2) is 9.55 Å².